The number of hydrogen-bond acceptors (Lipinski definition) is 3. The first-order valence-corrected chi connectivity index (χ1v) is 7.64. The summed E-state index contributed by atoms with van der Waals surface area (Å²) < 4.78 is 5.27. The lowest BCUT2D eigenvalue weighted by molar-refractivity contribution is -0.150. The molecule has 3 aliphatic rings. The van der Waals surface area contributed by atoms with Gasteiger partial charge in [0.05, 0.1) is 6.61 Å². The van der Waals surface area contributed by atoms with Gasteiger partial charge < -0.3 is 4.74 Å². The monoisotopic (exact) mass is 251 g/mol. The molecule has 0 unspecified atom stereocenters. The Kier molecular flexibility index (Phi) is 3.13. The zero-order valence-corrected chi connectivity index (χ0v) is 11.7. The number of esters is 1. The third-order valence-corrected chi connectivity index (χ3v) is 5.72. The van der Waals surface area contributed by atoms with Crippen LogP contribution in [-0.2, 0) is 9.53 Å². The third-order valence-electron chi connectivity index (χ3n) is 5.72. The second-order valence-corrected chi connectivity index (χ2v) is 6.30. The Morgan fingerprint density at radius 3 is 2.94 bits per heavy atom. The van der Waals surface area contributed by atoms with Crippen molar-refractivity contribution in [3.05, 3.63) is 0 Å². The Labute approximate surface area is 110 Å². The summed E-state index contributed by atoms with van der Waals surface area (Å²) >= 11 is 0. The zero-order valence-electron chi connectivity index (χ0n) is 11.7. The van der Waals surface area contributed by atoms with Crippen molar-refractivity contribution in [1.82, 2.24) is 4.90 Å². The van der Waals surface area contributed by atoms with Gasteiger partial charge in [0.2, 0.25) is 0 Å². The molecule has 2 aliphatic heterocycles. The lowest BCUT2D eigenvalue weighted by Crippen LogP contribution is -2.52. The van der Waals surface area contributed by atoms with E-state index in [9.17, 15) is 4.79 Å². The van der Waals surface area contributed by atoms with Crippen molar-refractivity contribution in [2.24, 2.45) is 11.3 Å². The number of carbonyl (C=O) groups is 1. The molecule has 0 N–H and O–H groups in total. The highest BCUT2D eigenvalue weighted by atomic mass is 16.5. The zero-order chi connectivity index (χ0) is 12.8. The highest BCUT2D eigenvalue weighted by Gasteiger charge is 2.58. The lowest BCUT2D eigenvalue weighted by atomic mass is 9.72. The van der Waals surface area contributed by atoms with Crippen molar-refractivity contribution in [3.63, 3.8) is 0 Å². The van der Waals surface area contributed by atoms with Crippen LogP contribution < -0.4 is 0 Å². The van der Waals surface area contributed by atoms with E-state index in [4.69, 9.17) is 4.74 Å². The number of ether oxygens (including phenoxy) is 1. The normalized spacial score (nSPS) is 42.9. The maximum absolute atomic E-state index is 12.1. The smallest absolute Gasteiger partial charge is 0.323 e. The van der Waals surface area contributed by atoms with Crippen LogP contribution in [0.2, 0.25) is 0 Å². The molecule has 0 radical (unpaired) electrons. The Bertz CT molecular complexity index is 339. The molecule has 2 heterocycles. The molecule has 4 atom stereocenters. The molecule has 0 aromatic carbocycles. The predicted molar refractivity (Wildman–Crippen MR) is 70.2 cm³/mol. The first kappa shape index (κ1) is 12.5. The van der Waals surface area contributed by atoms with Crippen LogP contribution >= 0.6 is 0 Å². The van der Waals surface area contributed by atoms with Crippen molar-refractivity contribution >= 4 is 5.97 Å². The van der Waals surface area contributed by atoms with E-state index in [2.05, 4.69) is 11.8 Å². The van der Waals surface area contributed by atoms with E-state index in [1.807, 2.05) is 6.92 Å². The Hall–Kier alpha value is -0.570. The Morgan fingerprint density at radius 1 is 1.39 bits per heavy atom. The summed E-state index contributed by atoms with van der Waals surface area (Å²) in [7, 11) is 0. The highest BCUT2D eigenvalue weighted by Crippen LogP contribution is 2.57. The minimum atomic E-state index is 0.0267. The molecule has 0 aromatic heterocycles. The van der Waals surface area contributed by atoms with Crippen LogP contribution in [0.15, 0.2) is 0 Å². The minimum Gasteiger partial charge on any atom is -0.465 e. The van der Waals surface area contributed by atoms with Gasteiger partial charge >= 0.3 is 5.97 Å². The summed E-state index contributed by atoms with van der Waals surface area (Å²) in [4.78, 5) is 14.6. The second kappa shape index (κ2) is 4.52. The van der Waals surface area contributed by atoms with Crippen LogP contribution in [0, 0.1) is 11.3 Å². The molecular weight excluding hydrogens is 226 g/mol. The van der Waals surface area contributed by atoms with Gasteiger partial charge in [-0.15, -0.1) is 0 Å². The minimum absolute atomic E-state index is 0.0267. The van der Waals surface area contributed by atoms with Crippen LogP contribution in [0.5, 0.6) is 0 Å². The number of hydrogen-bond donors (Lipinski definition) is 0. The summed E-state index contributed by atoms with van der Waals surface area (Å²) in [6.45, 7) is 5.85. The fraction of sp³-hybridized carbons (Fsp3) is 0.933. The average molecular weight is 251 g/mol. The molecule has 3 heteroatoms. The molecule has 3 rings (SSSR count). The van der Waals surface area contributed by atoms with E-state index >= 15 is 0 Å². The lowest BCUT2D eigenvalue weighted by Gasteiger charge is -2.45. The first-order valence-electron chi connectivity index (χ1n) is 7.64. The number of piperidine rings is 1. The second-order valence-electron chi connectivity index (χ2n) is 6.30. The van der Waals surface area contributed by atoms with Gasteiger partial charge in [-0.2, -0.15) is 0 Å². The summed E-state index contributed by atoms with van der Waals surface area (Å²) in [6, 6.07) is 0.733. The van der Waals surface area contributed by atoms with Gasteiger partial charge in [0.15, 0.2) is 0 Å². The molecule has 1 saturated carbocycles. The largest absolute Gasteiger partial charge is 0.465 e. The summed E-state index contributed by atoms with van der Waals surface area (Å²) in [5, 5.41) is 0. The van der Waals surface area contributed by atoms with Crippen LogP contribution in [-0.4, -0.2) is 36.1 Å². The fourth-order valence-electron chi connectivity index (χ4n) is 4.98. The van der Waals surface area contributed by atoms with Gasteiger partial charge in [0, 0.05) is 6.04 Å². The molecule has 0 spiro atoms. The van der Waals surface area contributed by atoms with Gasteiger partial charge in [-0.1, -0.05) is 6.92 Å². The third kappa shape index (κ3) is 1.63. The molecule has 1 aliphatic carbocycles. The fourth-order valence-corrected chi connectivity index (χ4v) is 4.98. The quantitative estimate of drug-likeness (QED) is 0.722. The van der Waals surface area contributed by atoms with E-state index in [1.165, 1.54) is 32.1 Å². The maximum Gasteiger partial charge on any atom is 0.323 e. The molecular formula is C15H25NO2. The van der Waals surface area contributed by atoms with Gasteiger partial charge in [-0.05, 0) is 63.3 Å². The van der Waals surface area contributed by atoms with Crippen molar-refractivity contribution in [1.29, 1.82) is 0 Å². The Morgan fingerprint density at radius 2 is 2.22 bits per heavy atom. The molecule has 0 aromatic rings. The molecule has 2 saturated heterocycles. The van der Waals surface area contributed by atoms with E-state index < -0.39 is 0 Å². The van der Waals surface area contributed by atoms with Gasteiger partial charge in [0.1, 0.15) is 6.04 Å². The molecule has 0 bridgehead atoms. The number of nitrogens with zero attached hydrogens (tertiary/aromatic N) is 1. The summed E-state index contributed by atoms with van der Waals surface area (Å²) in [6.07, 6.45) is 7.66. The van der Waals surface area contributed by atoms with Crippen molar-refractivity contribution in [3.8, 4) is 0 Å². The average Bonchev–Trinajstić information content (AvgIpc) is 2.94. The molecule has 3 nitrogen and oxygen atoms in total. The number of carbonyl (C=O) groups excluding carboxylic acids is 1. The van der Waals surface area contributed by atoms with Crippen molar-refractivity contribution in [2.45, 2.75) is 64.5 Å². The number of rotatable bonds is 3. The van der Waals surface area contributed by atoms with E-state index in [0.717, 1.165) is 18.9 Å². The van der Waals surface area contributed by atoms with E-state index in [-0.39, 0.29) is 12.0 Å². The SMILES string of the molecule is CCOC(=O)[C@@H]1C[C@H]2CC[C@@]3(CC)CCCN1[C@@H]23. The van der Waals surface area contributed by atoms with Gasteiger partial charge in [-0.25, -0.2) is 0 Å². The molecule has 102 valence electrons. The Balaban J connectivity index is 1.83. The van der Waals surface area contributed by atoms with Gasteiger partial charge in [-0.3, -0.25) is 9.69 Å². The van der Waals surface area contributed by atoms with Crippen molar-refractivity contribution in [2.75, 3.05) is 13.2 Å². The maximum atomic E-state index is 12.1. The van der Waals surface area contributed by atoms with E-state index in [1.54, 1.807) is 0 Å². The highest BCUT2D eigenvalue weighted by molar-refractivity contribution is 5.76. The van der Waals surface area contributed by atoms with E-state index in [0.29, 0.717) is 18.1 Å². The van der Waals surface area contributed by atoms with Crippen LogP contribution in [0.1, 0.15) is 52.4 Å². The van der Waals surface area contributed by atoms with Crippen LogP contribution in [0.4, 0.5) is 0 Å². The topological polar surface area (TPSA) is 29.5 Å². The molecule has 0 amide bonds. The summed E-state index contributed by atoms with van der Waals surface area (Å²) in [5.74, 6) is 0.776. The van der Waals surface area contributed by atoms with Crippen LogP contribution in [0.25, 0.3) is 0 Å². The standard InChI is InChI=1S/C15H25NO2/c1-3-15-7-5-9-16-12(14(17)18-4-2)10-11(6-8-15)13(15)16/h11-13H,3-10H2,1-2H3/t11-,12+,13+,15-/m1/s1. The van der Waals surface area contributed by atoms with Gasteiger partial charge in [0.25, 0.3) is 0 Å². The van der Waals surface area contributed by atoms with Crippen LogP contribution in [0.3, 0.4) is 0 Å². The predicted octanol–water partition coefficient (Wildman–Crippen LogP) is 2.59. The molecule has 18 heavy (non-hydrogen) atoms. The summed E-state index contributed by atoms with van der Waals surface area (Å²) in [5.41, 5.74) is 0.518. The first-order chi connectivity index (χ1) is 8.72. The molecule has 3 fully saturated rings. The van der Waals surface area contributed by atoms with Crippen molar-refractivity contribution < 1.29 is 9.53 Å².